The number of ether oxygens (including phenoxy) is 1. The van der Waals surface area contributed by atoms with Crippen molar-refractivity contribution in [3.63, 3.8) is 0 Å². The predicted octanol–water partition coefficient (Wildman–Crippen LogP) is 2.79. The van der Waals surface area contributed by atoms with E-state index >= 15 is 0 Å². The van der Waals surface area contributed by atoms with Crippen molar-refractivity contribution in [2.75, 3.05) is 27.2 Å². The molecule has 3 heterocycles. The average Bonchev–Trinajstić information content (AvgIpc) is 3.14. The molecule has 2 fully saturated rings. The van der Waals surface area contributed by atoms with Crippen molar-refractivity contribution in [3.05, 3.63) is 29.0 Å². The van der Waals surface area contributed by atoms with Crippen LogP contribution in [0, 0.1) is 5.92 Å². The van der Waals surface area contributed by atoms with Crippen LogP contribution < -0.4 is 4.74 Å². The highest BCUT2D eigenvalue weighted by molar-refractivity contribution is 6.31. The molecule has 2 saturated heterocycles. The second-order valence-corrected chi connectivity index (χ2v) is 7.15. The summed E-state index contributed by atoms with van der Waals surface area (Å²) in [6.07, 6.45) is 1.31. The van der Waals surface area contributed by atoms with Gasteiger partial charge in [0.15, 0.2) is 17.1 Å². The molecule has 0 aliphatic carbocycles. The van der Waals surface area contributed by atoms with Gasteiger partial charge in [-0.05, 0) is 18.6 Å². The number of hydrogen-bond donors (Lipinski definition) is 0. The highest BCUT2D eigenvalue weighted by Gasteiger charge is 2.42. The Morgan fingerprint density at radius 2 is 2.16 bits per heavy atom. The summed E-state index contributed by atoms with van der Waals surface area (Å²) in [6, 6.07) is 5.35. The Labute approximate surface area is 150 Å². The van der Waals surface area contributed by atoms with Gasteiger partial charge in [-0.1, -0.05) is 11.6 Å². The molecule has 132 valence electrons. The normalized spacial score (nSPS) is 23.2. The Kier molecular flexibility index (Phi) is 3.87. The summed E-state index contributed by atoms with van der Waals surface area (Å²) in [5, 5.41) is 1.26. The molecule has 1 aromatic carbocycles. The van der Waals surface area contributed by atoms with Gasteiger partial charge in [-0.15, -0.1) is 0 Å². The molecular weight excluding hydrogens is 344 g/mol. The minimum Gasteiger partial charge on any atom is -0.493 e. The number of halogens is 1. The number of benzene rings is 1. The summed E-state index contributed by atoms with van der Waals surface area (Å²) in [6.45, 7) is 1.20. The number of amides is 2. The van der Waals surface area contributed by atoms with Crippen molar-refractivity contribution >= 4 is 34.4 Å². The Morgan fingerprint density at radius 1 is 1.36 bits per heavy atom. The lowest BCUT2D eigenvalue weighted by atomic mass is 9.93. The van der Waals surface area contributed by atoms with Crippen molar-refractivity contribution in [2.45, 2.75) is 18.9 Å². The molecule has 2 aromatic rings. The van der Waals surface area contributed by atoms with E-state index in [4.69, 9.17) is 20.8 Å². The van der Waals surface area contributed by atoms with Gasteiger partial charge in [0.05, 0.1) is 7.11 Å². The first-order valence-corrected chi connectivity index (χ1v) is 8.67. The fourth-order valence-electron chi connectivity index (χ4n) is 3.97. The van der Waals surface area contributed by atoms with Crippen LogP contribution in [-0.4, -0.2) is 54.9 Å². The van der Waals surface area contributed by atoms with Crippen LogP contribution in [0.15, 0.2) is 22.6 Å². The quantitative estimate of drug-likeness (QED) is 0.824. The summed E-state index contributed by atoms with van der Waals surface area (Å²) >= 11 is 6.07. The van der Waals surface area contributed by atoms with Crippen LogP contribution in [0.5, 0.6) is 5.75 Å². The number of carbonyl (C=O) groups excluding carboxylic acids is 2. The molecular formula is C18H19ClN2O4. The van der Waals surface area contributed by atoms with Crippen molar-refractivity contribution in [2.24, 2.45) is 5.92 Å². The summed E-state index contributed by atoms with van der Waals surface area (Å²) in [5.74, 6) is 0.973. The number of methoxy groups -OCH3 is 1. The van der Waals surface area contributed by atoms with Crippen molar-refractivity contribution in [3.8, 4) is 5.75 Å². The summed E-state index contributed by atoms with van der Waals surface area (Å²) in [5.41, 5.74) is 0.515. The zero-order valence-corrected chi connectivity index (χ0v) is 14.9. The summed E-state index contributed by atoms with van der Waals surface area (Å²) in [7, 11) is 3.38. The van der Waals surface area contributed by atoms with Crippen molar-refractivity contribution in [1.29, 1.82) is 0 Å². The van der Waals surface area contributed by atoms with E-state index < -0.39 is 0 Å². The number of nitrogens with zero attached hydrogens (tertiary/aromatic N) is 2. The van der Waals surface area contributed by atoms with E-state index in [2.05, 4.69) is 0 Å². The SMILES string of the molecule is COc1cc(Cl)cc2cc(C(=O)N3CC[C@H]4[C@H](CC(=O)N4C)C3)oc12. The first-order valence-electron chi connectivity index (χ1n) is 8.30. The maximum absolute atomic E-state index is 12.9. The van der Waals surface area contributed by atoms with Crippen LogP contribution in [0.2, 0.25) is 5.02 Å². The minimum absolute atomic E-state index is 0.158. The van der Waals surface area contributed by atoms with E-state index in [1.165, 1.54) is 7.11 Å². The molecule has 0 N–H and O–H groups in total. The van der Waals surface area contributed by atoms with Crippen LogP contribution in [-0.2, 0) is 4.79 Å². The van der Waals surface area contributed by atoms with Gasteiger partial charge in [0.25, 0.3) is 5.91 Å². The first-order chi connectivity index (χ1) is 12.0. The standard InChI is InChI=1S/C18H19ClN2O4/c1-20-13-3-4-21(9-11(13)7-16(20)22)18(23)15-6-10-5-12(19)8-14(24-2)17(10)25-15/h5-6,8,11,13H,3-4,7,9H2,1-2H3/t11-,13+/m1/s1. The van der Waals surface area contributed by atoms with E-state index in [1.807, 2.05) is 11.9 Å². The molecule has 0 unspecified atom stereocenters. The Morgan fingerprint density at radius 3 is 2.92 bits per heavy atom. The summed E-state index contributed by atoms with van der Waals surface area (Å²) < 4.78 is 11.0. The third kappa shape index (κ3) is 2.65. The van der Waals surface area contributed by atoms with Gasteiger partial charge >= 0.3 is 0 Å². The van der Waals surface area contributed by atoms with E-state index in [0.29, 0.717) is 35.9 Å². The molecule has 0 saturated carbocycles. The van der Waals surface area contributed by atoms with Gasteiger partial charge in [-0.2, -0.15) is 0 Å². The van der Waals surface area contributed by atoms with E-state index in [9.17, 15) is 9.59 Å². The highest BCUT2D eigenvalue weighted by atomic mass is 35.5. The highest BCUT2D eigenvalue weighted by Crippen LogP contribution is 2.35. The molecule has 2 aliphatic rings. The molecule has 4 rings (SSSR count). The lowest BCUT2D eigenvalue weighted by Crippen LogP contribution is -2.47. The summed E-state index contributed by atoms with van der Waals surface area (Å²) in [4.78, 5) is 28.3. The van der Waals surface area contributed by atoms with Crippen molar-refractivity contribution < 1.29 is 18.7 Å². The molecule has 25 heavy (non-hydrogen) atoms. The Balaban J connectivity index is 1.59. The van der Waals surface area contributed by atoms with Crippen LogP contribution in [0.4, 0.5) is 0 Å². The number of fused-ring (bicyclic) bond motifs is 2. The van der Waals surface area contributed by atoms with Crippen molar-refractivity contribution in [1.82, 2.24) is 9.80 Å². The number of hydrogen-bond acceptors (Lipinski definition) is 4. The molecule has 0 spiro atoms. The smallest absolute Gasteiger partial charge is 0.289 e. The van der Waals surface area contributed by atoms with Crippen LogP contribution >= 0.6 is 11.6 Å². The third-order valence-corrected chi connectivity index (χ3v) is 5.50. The second-order valence-electron chi connectivity index (χ2n) is 6.71. The van der Waals surface area contributed by atoms with Gasteiger partial charge in [0.1, 0.15) is 0 Å². The topological polar surface area (TPSA) is 63.0 Å². The van der Waals surface area contributed by atoms with Crippen LogP contribution in [0.3, 0.4) is 0 Å². The monoisotopic (exact) mass is 362 g/mol. The van der Waals surface area contributed by atoms with Gasteiger partial charge in [-0.3, -0.25) is 9.59 Å². The molecule has 0 radical (unpaired) electrons. The lowest BCUT2D eigenvalue weighted by molar-refractivity contribution is -0.127. The maximum Gasteiger partial charge on any atom is 0.289 e. The number of rotatable bonds is 2. The van der Waals surface area contributed by atoms with Gasteiger partial charge in [-0.25, -0.2) is 0 Å². The largest absolute Gasteiger partial charge is 0.493 e. The van der Waals surface area contributed by atoms with Gasteiger partial charge in [0, 0.05) is 55.0 Å². The van der Waals surface area contributed by atoms with Gasteiger partial charge < -0.3 is 19.0 Å². The minimum atomic E-state index is -0.158. The molecule has 0 bridgehead atoms. The number of carbonyl (C=O) groups is 2. The number of likely N-dealkylation sites (tertiary alicyclic amines) is 2. The zero-order valence-electron chi connectivity index (χ0n) is 14.1. The van der Waals surface area contributed by atoms with E-state index in [1.54, 1.807) is 23.1 Å². The first kappa shape index (κ1) is 16.3. The third-order valence-electron chi connectivity index (χ3n) is 5.29. The molecule has 2 aliphatic heterocycles. The predicted molar refractivity (Wildman–Crippen MR) is 93.0 cm³/mol. The fraction of sp³-hybridized carbons (Fsp3) is 0.444. The molecule has 6 nitrogen and oxygen atoms in total. The fourth-order valence-corrected chi connectivity index (χ4v) is 4.18. The average molecular weight is 363 g/mol. The van der Waals surface area contributed by atoms with E-state index in [-0.39, 0.29) is 29.5 Å². The molecule has 2 atom stereocenters. The van der Waals surface area contributed by atoms with E-state index in [0.717, 1.165) is 11.8 Å². The van der Waals surface area contributed by atoms with Crippen LogP contribution in [0.1, 0.15) is 23.4 Å². The molecule has 1 aromatic heterocycles. The lowest BCUT2D eigenvalue weighted by Gasteiger charge is -2.36. The maximum atomic E-state index is 12.9. The number of piperidine rings is 1. The Bertz CT molecular complexity index is 862. The molecule has 7 heteroatoms. The molecule has 2 amide bonds. The van der Waals surface area contributed by atoms with Gasteiger partial charge in [0.2, 0.25) is 5.91 Å². The second kappa shape index (κ2) is 5.95. The zero-order chi connectivity index (χ0) is 17.7. The Hall–Kier alpha value is -2.21. The van der Waals surface area contributed by atoms with Crippen LogP contribution in [0.25, 0.3) is 11.0 Å². The number of furan rings is 1.